The van der Waals surface area contributed by atoms with E-state index in [0.29, 0.717) is 0 Å². The van der Waals surface area contributed by atoms with Crippen molar-refractivity contribution in [3.63, 3.8) is 0 Å². The second-order valence-corrected chi connectivity index (χ2v) is 14.0. The lowest BCUT2D eigenvalue weighted by Crippen LogP contribution is -1.93. The van der Waals surface area contributed by atoms with Crippen LogP contribution in [0.3, 0.4) is 0 Å². The average Bonchev–Trinajstić information content (AvgIpc) is 3.64. The van der Waals surface area contributed by atoms with E-state index in [1.807, 2.05) is 0 Å². The molecule has 0 saturated carbocycles. The number of imidazole rings is 2. The van der Waals surface area contributed by atoms with E-state index in [-0.39, 0.29) is 0 Å². The van der Waals surface area contributed by atoms with Gasteiger partial charge in [-0.3, -0.25) is 0 Å². The summed E-state index contributed by atoms with van der Waals surface area (Å²) in [6.07, 6.45) is 0. The van der Waals surface area contributed by atoms with Crippen molar-refractivity contribution in [2.75, 3.05) is 0 Å². The molecule has 0 spiro atoms. The van der Waals surface area contributed by atoms with Crippen LogP contribution in [-0.2, 0) is 14.1 Å². The van der Waals surface area contributed by atoms with Crippen LogP contribution in [0.25, 0.3) is 98.9 Å². The lowest BCUT2D eigenvalue weighted by molar-refractivity contribution is 0.886. The highest BCUT2D eigenvalue weighted by molar-refractivity contribution is 6.22. The zero-order chi connectivity index (χ0) is 35.1. The van der Waals surface area contributed by atoms with Crippen LogP contribution >= 0.6 is 0 Å². The van der Waals surface area contributed by atoms with Gasteiger partial charge in [0.1, 0.15) is 11.6 Å². The van der Waals surface area contributed by atoms with Crippen molar-refractivity contribution in [2.45, 2.75) is 13.8 Å². The number of fused-ring (bicyclic) bond motifs is 5. The SMILES string of the molecule is Cc1nc2ccc(-c3cccc4c(-c5ccc(-c6ccccc6)c6ccccc56)c5cccc(-c6ccc7nc(C)n(C)c7c6)c5cc34)cc2n1C. The minimum Gasteiger partial charge on any atom is -0.331 e. The molecule has 0 aliphatic carbocycles. The van der Waals surface area contributed by atoms with Crippen LogP contribution in [0.2, 0.25) is 0 Å². The maximum Gasteiger partial charge on any atom is 0.106 e. The van der Waals surface area contributed by atoms with E-state index in [1.165, 1.54) is 76.8 Å². The number of aromatic nitrogens is 4. The molecule has 8 aromatic carbocycles. The van der Waals surface area contributed by atoms with Gasteiger partial charge in [-0.25, -0.2) is 9.97 Å². The Hall–Kier alpha value is -6.52. The number of benzene rings is 8. The zero-order valence-electron chi connectivity index (χ0n) is 29.6. The lowest BCUT2D eigenvalue weighted by Gasteiger charge is -2.19. The summed E-state index contributed by atoms with van der Waals surface area (Å²) >= 11 is 0. The van der Waals surface area contributed by atoms with Crippen molar-refractivity contribution in [2.24, 2.45) is 14.1 Å². The van der Waals surface area contributed by atoms with E-state index >= 15 is 0 Å². The molecular weight excluding hydrogens is 633 g/mol. The molecule has 2 aromatic heterocycles. The van der Waals surface area contributed by atoms with Crippen LogP contribution in [0.1, 0.15) is 11.6 Å². The molecule has 10 aromatic rings. The maximum absolute atomic E-state index is 4.79. The first-order valence-electron chi connectivity index (χ1n) is 17.9. The molecule has 0 fully saturated rings. The third-order valence-electron chi connectivity index (χ3n) is 11.1. The minimum atomic E-state index is 1.01. The highest BCUT2D eigenvalue weighted by atomic mass is 15.1. The van der Waals surface area contributed by atoms with Gasteiger partial charge in [0.05, 0.1) is 22.1 Å². The molecule has 0 saturated heterocycles. The van der Waals surface area contributed by atoms with Gasteiger partial charge in [-0.05, 0) is 121 Å². The number of hydrogen-bond acceptors (Lipinski definition) is 2. The van der Waals surface area contributed by atoms with Gasteiger partial charge in [0.15, 0.2) is 0 Å². The van der Waals surface area contributed by atoms with Crippen molar-refractivity contribution in [3.8, 4) is 44.5 Å². The summed E-state index contributed by atoms with van der Waals surface area (Å²) in [5.74, 6) is 2.02. The first-order valence-corrected chi connectivity index (χ1v) is 17.9. The Labute approximate surface area is 302 Å². The van der Waals surface area contributed by atoms with E-state index in [2.05, 4.69) is 183 Å². The van der Waals surface area contributed by atoms with Crippen LogP contribution in [0.5, 0.6) is 0 Å². The van der Waals surface area contributed by atoms with Crippen LogP contribution in [-0.4, -0.2) is 19.1 Å². The Balaban J connectivity index is 1.32. The summed E-state index contributed by atoms with van der Waals surface area (Å²) in [7, 11) is 4.19. The van der Waals surface area contributed by atoms with Gasteiger partial charge >= 0.3 is 0 Å². The van der Waals surface area contributed by atoms with Gasteiger partial charge in [-0.2, -0.15) is 0 Å². The van der Waals surface area contributed by atoms with Gasteiger partial charge in [-0.1, -0.05) is 115 Å². The topological polar surface area (TPSA) is 35.6 Å². The Morgan fingerprint density at radius 3 is 1.38 bits per heavy atom. The predicted octanol–water partition coefficient (Wildman–Crippen LogP) is 12.2. The predicted molar refractivity (Wildman–Crippen MR) is 219 cm³/mol. The van der Waals surface area contributed by atoms with E-state index in [4.69, 9.17) is 9.97 Å². The van der Waals surface area contributed by atoms with E-state index < -0.39 is 0 Å². The van der Waals surface area contributed by atoms with Gasteiger partial charge in [0.25, 0.3) is 0 Å². The molecule has 248 valence electrons. The van der Waals surface area contributed by atoms with Crippen LogP contribution in [0, 0.1) is 13.8 Å². The van der Waals surface area contributed by atoms with E-state index in [0.717, 1.165) is 33.7 Å². The van der Waals surface area contributed by atoms with Crippen molar-refractivity contribution in [1.82, 2.24) is 19.1 Å². The summed E-state index contributed by atoms with van der Waals surface area (Å²) in [6.45, 7) is 4.13. The van der Waals surface area contributed by atoms with Crippen LogP contribution in [0.15, 0.2) is 146 Å². The fraction of sp³-hybridized carbons (Fsp3) is 0.0833. The normalized spacial score (nSPS) is 11.8. The summed E-state index contributed by atoms with van der Waals surface area (Å²) in [6, 6.07) is 53.6. The Morgan fingerprint density at radius 2 is 0.827 bits per heavy atom. The second kappa shape index (κ2) is 11.5. The molecule has 10 rings (SSSR count). The molecule has 2 heterocycles. The number of rotatable bonds is 4. The molecule has 0 N–H and O–H groups in total. The number of nitrogens with zero attached hydrogens (tertiary/aromatic N) is 4. The lowest BCUT2D eigenvalue weighted by atomic mass is 9.84. The molecule has 52 heavy (non-hydrogen) atoms. The largest absolute Gasteiger partial charge is 0.331 e. The van der Waals surface area contributed by atoms with Gasteiger partial charge in [0, 0.05) is 14.1 Å². The highest BCUT2D eigenvalue weighted by Crippen LogP contribution is 2.46. The van der Waals surface area contributed by atoms with Gasteiger partial charge in [-0.15, -0.1) is 0 Å². The smallest absolute Gasteiger partial charge is 0.106 e. The Kier molecular flexibility index (Phi) is 6.71. The van der Waals surface area contributed by atoms with E-state index in [1.54, 1.807) is 0 Å². The molecule has 0 aliphatic rings. The second-order valence-electron chi connectivity index (χ2n) is 14.0. The Bertz CT molecular complexity index is 2910. The quantitative estimate of drug-likeness (QED) is 0.175. The van der Waals surface area contributed by atoms with Crippen LogP contribution < -0.4 is 0 Å². The zero-order valence-corrected chi connectivity index (χ0v) is 29.6. The molecule has 0 amide bonds. The number of aryl methyl sites for hydroxylation is 4. The minimum absolute atomic E-state index is 1.01. The fourth-order valence-corrected chi connectivity index (χ4v) is 8.30. The first kappa shape index (κ1) is 30.3. The highest BCUT2D eigenvalue weighted by Gasteiger charge is 2.19. The molecule has 0 unspecified atom stereocenters. The van der Waals surface area contributed by atoms with Crippen molar-refractivity contribution >= 4 is 54.4 Å². The Morgan fingerprint density at radius 1 is 0.365 bits per heavy atom. The third-order valence-corrected chi connectivity index (χ3v) is 11.1. The average molecular weight is 669 g/mol. The molecule has 4 heteroatoms. The summed E-state index contributed by atoms with van der Waals surface area (Å²) < 4.78 is 4.36. The molecule has 0 atom stereocenters. The summed E-state index contributed by atoms with van der Waals surface area (Å²) in [5.41, 5.74) is 14.0. The standard InChI is InChI=1S/C48H36N4/c1-29-49-44-24-20-32(26-46(44)51(29)3)34-16-10-18-39-42(34)28-43-35(33-21-25-45-47(27-33)52(4)30(2)50-45)17-11-19-40(43)48(39)41-23-22-36(31-12-6-5-7-13-31)37-14-8-9-15-38(37)41/h5-28H,1-4H3. The monoisotopic (exact) mass is 668 g/mol. The molecule has 0 aliphatic heterocycles. The fourth-order valence-electron chi connectivity index (χ4n) is 8.30. The first-order chi connectivity index (χ1) is 25.4. The van der Waals surface area contributed by atoms with Crippen molar-refractivity contribution in [3.05, 3.63) is 157 Å². The summed E-state index contributed by atoms with van der Waals surface area (Å²) in [5, 5.41) is 7.41. The van der Waals surface area contributed by atoms with Gasteiger partial charge in [0.2, 0.25) is 0 Å². The summed E-state index contributed by atoms with van der Waals surface area (Å²) in [4.78, 5) is 9.59. The van der Waals surface area contributed by atoms with E-state index in [9.17, 15) is 0 Å². The third kappa shape index (κ3) is 4.54. The van der Waals surface area contributed by atoms with Crippen molar-refractivity contribution < 1.29 is 0 Å². The maximum atomic E-state index is 4.79. The molecule has 0 bridgehead atoms. The van der Waals surface area contributed by atoms with Crippen molar-refractivity contribution in [1.29, 1.82) is 0 Å². The molecule has 0 radical (unpaired) electrons. The molecular formula is C48H36N4. The number of hydrogen-bond donors (Lipinski definition) is 0. The van der Waals surface area contributed by atoms with Crippen LogP contribution in [0.4, 0.5) is 0 Å². The van der Waals surface area contributed by atoms with Gasteiger partial charge < -0.3 is 9.13 Å². The molecule has 4 nitrogen and oxygen atoms in total.